The molecule has 2 aromatic rings. The molecule has 0 N–H and O–H groups in total. The molecular formula is C23H31N5O3S. The maximum Gasteiger partial charge on any atom is 0.243 e. The Bertz CT molecular complexity index is 1140. The van der Waals surface area contributed by atoms with Gasteiger partial charge >= 0.3 is 0 Å². The molecule has 0 unspecified atom stereocenters. The van der Waals surface area contributed by atoms with Crippen LogP contribution in [0.5, 0.6) is 0 Å². The molecule has 172 valence electrons. The van der Waals surface area contributed by atoms with E-state index in [1.54, 1.807) is 23.1 Å². The summed E-state index contributed by atoms with van der Waals surface area (Å²) in [6.07, 6.45) is 1.98. The molecule has 0 saturated heterocycles. The first-order chi connectivity index (χ1) is 15.2. The Morgan fingerprint density at radius 1 is 1.25 bits per heavy atom. The second-order valence-electron chi connectivity index (χ2n) is 7.96. The standard InChI is InChI=1S/C23H31N5O3S/c1-5-26(6-2)32(30,31)20-8-10-22-19(16-20)12-15-27(22)23(29)11-9-21-17(3)25-28(18(21)4)14-7-13-24/h8,10,16H,5-7,9,11-12,14-15H2,1-4H3. The number of fused-ring (bicyclic) bond motifs is 1. The molecular weight excluding hydrogens is 426 g/mol. The minimum Gasteiger partial charge on any atom is -0.312 e. The normalized spacial score (nSPS) is 13.4. The van der Waals surface area contributed by atoms with Crippen molar-refractivity contribution in [2.75, 3.05) is 24.5 Å². The van der Waals surface area contributed by atoms with Gasteiger partial charge in [-0.05, 0) is 56.0 Å². The summed E-state index contributed by atoms with van der Waals surface area (Å²) >= 11 is 0. The number of carbonyl (C=O) groups is 1. The molecule has 0 fully saturated rings. The Balaban J connectivity index is 1.73. The zero-order valence-electron chi connectivity index (χ0n) is 19.3. The Hall–Kier alpha value is -2.70. The van der Waals surface area contributed by atoms with Crippen LogP contribution in [0, 0.1) is 25.2 Å². The molecule has 0 atom stereocenters. The minimum absolute atomic E-state index is 0.0201. The zero-order valence-corrected chi connectivity index (χ0v) is 20.1. The topological polar surface area (TPSA) is 99.3 Å². The van der Waals surface area contributed by atoms with Crippen molar-refractivity contribution in [1.82, 2.24) is 14.1 Å². The molecule has 2 heterocycles. The quantitative estimate of drug-likeness (QED) is 0.576. The first kappa shape index (κ1) is 24.0. The summed E-state index contributed by atoms with van der Waals surface area (Å²) in [6.45, 7) is 9.51. The summed E-state index contributed by atoms with van der Waals surface area (Å²) < 4.78 is 28.9. The third-order valence-electron chi connectivity index (χ3n) is 6.15. The maximum absolute atomic E-state index is 13.0. The monoisotopic (exact) mass is 457 g/mol. The van der Waals surface area contributed by atoms with Crippen molar-refractivity contribution in [1.29, 1.82) is 5.26 Å². The highest BCUT2D eigenvalue weighted by molar-refractivity contribution is 7.89. The number of anilines is 1. The SMILES string of the molecule is CCN(CC)S(=O)(=O)c1ccc2c(c1)CCN2C(=O)CCc1c(C)nn(CCC#N)c1C. The number of hydrogen-bond acceptors (Lipinski definition) is 5. The fraction of sp³-hybridized carbons (Fsp3) is 0.522. The van der Waals surface area contributed by atoms with Gasteiger partial charge in [0.05, 0.1) is 29.6 Å². The predicted octanol–water partition coefficient (Wildman–Crippen LogP) is 2.97. The summed E-state index contributed by atoms with van der Waals surface area (Å²) in [4.78, 5) is 15.0. The second kappa shape index (κ2) is 9.84. The van der Waals surface area contributed by atoms with E-state index in [2.05, 4.69) is 11.2 Å². The van der Waals surface area contributed by atoms with Gasteiger partial charge in [-0.1, -0.05) is 13.8 Å². The van der Waals surface area contributed by atoms with Crippen LogP contribution in [0.4, 0.5) is 5.69 Å². The van der Waals surface area contributed by atoms with Crippen LogP contribution in [0.1, 0.15) is 49.2 Å². The fourth-order valence-corrected chi connectivity index (χ4v) is 5.86. The Labute approximate surface area is 190 Å². The molecule has 3 rings (SSSR count). The molecule has 1 aromatic carbocycles. The lowest BCUT2D eigenvalue weighted by atomic mass is 10.1. The van der Waals surface area contributed by atoms with Gasteiger partial charge in [-0.3, -0.25) is 9.48 Å². The van der Waals surface area contributed by atoms with Crippen molar-refractivity contribution >= 4 is 21.6 Å². The number of carbonyl (C=O) groups excluding carboxylic acids is 1. The van der Waals surface area contributed by atoms with Crippen LogP contribution >= 0.6 is 0 Å². The van der Waals surface area contributed by atoms with Gasteiger partial charge in [-0.15, -0.1) is 0 Å². The van der Waals surface area contributed by atoms with Crippen molar-refractivity contribution in [3.8, 4) is 6.07 Å². The molecule has 1 aliphatic heterocycles. The summed E-state index contributed by atoms with van der Waals surface area (Å²) in [5, 5.41) is 13.3. The molecule has 0 saturated carbocycles. The first-order valence-corrected chi connectivity index (χ1v) is 12.5. The number of aryl methyl sites for hydroxylation is 2. The van der Waals surface area contributed by atoms with Gasteiger partial charge in [-0.2, -0.15) is 14.7 Å². The van der Waals surface area contributed by atoms with Crippen LogP contribution < -0.4 is 4.90 Å². The highest BCUT2D eigenvalue weighted by Crippen LogP contribution is 2.32. The van der Waals surface area contributed by atoms with Gasteiger partial charge in [0, 0.05) is 37.4 Å². The molecule has 9 heteroatoms. The van der Waals surface area contributed by atoms with Gasteiger partial charge in [0.15, 0.2) is 0 Å². The second-order valence-corrected chi connectivity index (χ2v) is 9.89. The molecule has 32 heavy (non-hydrogen) atoms. The van der Waals surface area contributed by atoms with Crippen LogP contribution in [-0.4, -0.2) is 48.0 Å². The maximum atomic E-state index is 13.0. The zero-order chi connectivity index (χ0) is 23.5. The molecule has 0 aliphatic carbocycles. The lowest BCUT2D eigenvalue weighted by Gasteiger charge is -2.20. The van der Waals surface area contributed by atoms with Crippen LogP contribution in [0.3, 0.4) is 0 Å². The third-order valence-corrected chi connectivity index (χ3v) is 8.19. The Kier molecular flexibility index (Phi) is 7.36. The van der Waals surface area contributed by atoms with Crippen LogP contribution in [0.25, 0.3) is 0 Å². The first-order valence-electron chi connectivity index (χ1n) is 11.1. The highest BCUT2D eigenvalue weighted by Gasteiger charge is 2.28. The van der Waals surface area contributed by atoms with Crippen molar-refractivity contribution in [3.05, 3.63) is 40.7 Å². The number of amides is 1. The number of hydrogen-bond donors (Lipinski definition) is 0. The van der Waals surface area contributed by atoms with Gasteiger partial charge in [0.25, 0.3) is 0 Å². The molecule has 0 radical (unpaired) electrons. The lowest BCUT2D eigenvalue weighted by Crippen LogP contribution is -2.31. The summed E-state index contributed by atoms with van der Waals surface area (Å²) in [5.41, 5.74) is 4.63. The molecule has 1 aliphatic rings. The van der Waals surface area contributed by atoms with E-state index in [-0.39, 0.29) is 10.8 Å². The fourth-order valence-electron chi connectivity index (χ4n) is 4.35. The van der Waals surface area contributed by atoms with Gasteiger partial charge < -0.3 is 4.90 Å². The van der Waals surface area contributed by atoms with Gasteiger partial charge in [0.2, 0.25) is 15.9 Å². The van der Waals surface area contributed by atoms with E-state index in [4.69, 9.17) is 5.26 Å². The smallest absolute Gasteiger partial charge is 0.243 e. The lowest BCUT2D eigenvalue weighted by molar-refractivity contribution is -0.118. The van der Waals surface area contributed by atoms with E-state index >= 15 is 0 Å². The largest absolute Gasteiger partial charge is 0.312 e. The van der Waals surface area contributed by atoms with Gasteiger partial charge in [-0.25, -0.2) is 8.42 Å². The third kappa shape index (κ3) is 4.57. The Morgan fingerprint density at radius 2 is 1.97 bits per heavy atom. The predicted molar refractivity (Wildman–Crippen MR) is 123 cm³/mol. The summed E-state index contributed by atoms with van der Waals surface area (Å²) in [5.74, 6) is 0.0201. The van der Waals surface area contributed by atoms with E-state index in [9.17, 15) is 13.2 Å². The van der Waals surface area contributed by atoms with E-state index in [1.165, 1.54) is 4.31 Å². The number of rotatable bonds is 9. The van der Waals surface area contributed by atoms with Crippen LogP contribution in [-0.2, 0) is 34.2 Å². The van der Waals surface area contributed by atoms with Crippen molar-refractivity contribution < 1.29 is 13.2 Å². The van der Waals surface area contributed by atoms with Crippen LogP contribution in [0.15, 0.2) is 23.1 Å². The van der Waals surface area contributed by atoms with Crippen LogP contribution in [0.2, 0.25) is 0 Å². The Morgan fingerprint density at radius 3 is 2.62 bits per heavy atom. The number of nitriles is 1. The highest BCUT2D eigenvalue weighted by atomic mass is 32.2. The van der Waals surface area contributed by atoms with Crippen molar-refractivity contribution in [2.24, 2.45) is 0 Å². The van der Waals surface area contributed by atoms with Crippen molar-refractivity contribution in [2.45, 2.75) is 64.8 Å². The van der Waals surface area contributed by atoms with Gasteiger partial charge in [0.1, 0.15) is 0 Å². The van der Waals surface area contributed by atoms with E-state index in [0.717, 1.165) is 28.2 Å². The molecule has 1 amide bonds. The number of sulfonamides is 1. The summed E-state index contributed by atoms with van der Waals surface area (Å²) in [6, 6.07) is 7.20. The van der Waals surface area contributed by atoms with E-state index in [1.807, 2.05) is 32.4 Å². The molecule has 0 bridgehead atoms. The number of aromatic nitrogens is 2. The van der Waals surface area contributed by atoms with E-state index < -0.39 is 10.0 Å². The van der Waals surface area contributed by atoms with Crippen molar-refractivity contribution in [3.63, 3.8) is 0 Å². The summed E-state index contributed by atoms with van der Waals surface area (Å²) in [7, 11) is -3.52. The minimum atomic E-state index is -3.52. The molecule has 0 spiro atoms. The van der Waals surface area contributed by atoms with E-state index in [0.29, 0.717) is 51.9 Å². The molecule has 1 aromatic heterocycles. The number of nitrogens with zero attached hydrogens (tertiary/aromatic N) is 5. The number of benzene rings is 1. The molecule has 8 nitrogen and oxygen atoms in total. The average Bonchev–Trinajstić information content (AvgIpc) is 3.31. The average molecular weight is 458 g/mol.